The van der Waals surface area contributed by atoms with Crippen molar-refractivity contribution in [1.29, 1.82) is 0 Å². The predicted molar refractivity (Wildman–Crippen MR) is 108 cm³/mol. The molecule has 7 heteroatoms. The Balaban J connectivity index is 1.57. The Morgan fingerprint density at radius 3 is 2.63 bits per heavy atom. The molecule has 0 aliphatic carbocycles. The number of hydrogen-bond acceptors (Lipinski definition) is 5. The summed E-state index contributed by atoms with van der Waals surface area (Å²) in [6.45, 7) is 2.15. The molecule has 136 valence electrons. The third-order valence-electron chi connectivity index (χ3n) is 4.24. The highest BCUT2D eigenvalue weighted by molar-refractivity contribution is 7.99. The first-order chi connectivity index (χ1) is 13.1. The van der Waals surface area contributed by atoms with Crippen LogP contribution in [-0.2, 0) is 7.05 Å². The predicted octanol–water partition coefficient (Wildman–Crippen LogP) is 5.64. The first-order valence-electron chi connectivity index (χ1n) is 8.44. The molecule has 5 nitrogen and oxygen atoms in total. The van der Waals surface area contributed by atoms with E-state index in [1.807, 2.05) is 54.1 Å². The van der Waals surface area contributed by atoms with Gasteiger partial charge in [0.1, 0.15) is 12.0 Å². The Kier molecular flexibility index (Phi) is 5.01. The summed E-state index contributed by atoms with van der Waals surface area (Å²) in [7, 11) is 1.94. The number of aromatic nitrogens is 4. The van der Waals surface area contributed by atoms with Crippen LogP contribution in [0.2, 0.25) is 5.02 Å². The van der Waals surface area contributed by atoms with Crippen LogP contribution in [-0.4, -0.2) is 19.9 Å². The average Bonchev–Trinajstić information content (AvgIpc) is 3.32. The van der Waals surface area contributed by atoms with Crippen LogP contribution < -0.4 is 0 Å². The van der Waals surface area contributed by atoms with Crippen LogP contribution in [0.25, 0.3) is 22.6 Å². The van der Waals surface area contributed by atoms with E-state index in [1.54, 1.807) is 18.1 Å². The van der Waals surface area contributed by atoms with Gasteiger partial charge in [-0.2, -0.15) is 0 Å². The molecule has 2 heterocycles. The Morgan fingerprint density at radius 2 is 1.89 bits per heavy atom. The Bertz CT molecular complexity index is 1060. The van der Waals surface area contributed by atoms with E-state index in [2.05, 4.69) is 34.4 Å². The monoisotopic (exact) mass is 396 g/mol. The minimum absolute atomic E-state index is 0.228. The normalized spacial score (nSPS) is 12.3. The van der Waals surface area contributed by atoms with Crippen molar-refractivity contribution in [3.8, 4) is 22.6 Å². The van der Waals surface area contributed by atoms with E-state index in [9.17, 15) is 0 Å². The summed E-state index contributed by atoms with van der Waals surface area (Å²) in [6, 6.07) is 17.8. The van der Waals surface area contributed by atoms with E-state index in [0.717, 1.165) is 27.7 Å². The molecule has 4 aromatic rings. The fraction of sp³-hybridized carbons (Fsp3) is 0.150. The largest absolute Gasteiger partial charge is 0.356 e. The van der Waals surface area contributed by atoms with Gasteiger partial charge in [0.15, 0.2) is 10.9 Å². The number of rotatable bonds is 5. The third kappa shape index (κ3) is 3.91. The van der Waals surface area contributed by atoms with Gasteiger partial charge in [0.25, 0.3) is 0 Å². The molecule has 0 unspecified atom stereocenters. The molecule has 0 saturated carbocycles. The first-order valence-corrected chi connectivity index (χ1v) is 9.69. The van der Waals surface area contributed by atoms with Crippen LogP contribution in [0.1, 0.15) is 17.7 Å². The van der Waals surface area contributed by atoms with E-state index in [-0.39, 0.29) is 5.25 Å². The van der Waals surface area contributed by atoms with Gasteiger partial charge in [-0.05, 0) is 30.7 Å². The van der Waals surface area contributed by atoms with Crippen LogP contribution in [0.15, 0.2) is 70.6 Å². The van der Waals surface area contributed by atoms with Gasteiger partial charge in [0.05, 0.1) is 0 Å². The molecule has 2 aromatic heterocycles. The van der Waals surface area contributed by atoms with Gasteiger partial charge >= 0.3 is 0 Å². The second-order valence-electron chi connectivity index (χ2n) is 6.19. The second kappa shape index (κ2) is 7.58. The van der Waals surface area contributed by atoms with Gasteiger partial charge in [0.2, 0.25) is 0 Å². The molecule has 0 saturated heterocycles. The van der Waals surface area contributed by atoms with Crippen molar-refractivity contribution in [1.82, 2.24) is 19.9 Å². The first kappa shape index (κ1) is 17.8. The molecule has 0 radical (unpaired) electrons. The molecule has 2 aromatic carbocycles. The van der Waals surface area contributed by atoms with Gasteiger partial charge in [-0.25, -0.2) is 0 Å². The highest BCUT2D eigenvalue weighted by atomic mass is 35.5. The van der Waals surface area contributed by atoms with Crippen molar-refractivity contribution < 1.29 is 4.52 Å². The van der Waals surface area contributed by atoms with Crippen molar-refractivity contribution in [2.75, 3.05) is 0 Å². The molecule has 27 heavy (non-hydrogen) atoms. The Hall–Kier alpha value is -2.57. The maximum absolute atomic E-state index is 5.95. The molecular formula is C20H17ClN4OS. The number of halogens is 1. The van der Waals surface area contributed by atoms with Crippen LogP contribution in [0.5, 0.6) is 0 Å². The summed E-state index contributed by atoms with van der Waals surface area (Å²) in [4.78, 5) is 0. The van der Waals surface area contributed by atoms with Crippen LogP contribution in [0, 0.1) is 0 Å². The molecule has 0 aliphatic rings. The summed E-state index contributed by atoms with van der Waals surface area (Å²) < 4.78 is 7.50. The van der Waals surface area contributed by atoms with E-state index in [4.69, 9.17) is 16.1 Å². The van der Waals surface area contributed by atoms with Crippen molar-refractivity contribution in [2.24, 2.45) is 7.05 Å². The standard InChI is InChI=1S/C20H17ClN4OS/c1-13(27-20-23-22-12-25(20)2)15-4-3-5-16(10-15)19-11-18(24-26-19)14-6-8-17(21)9-7-14/h3-13H,1-2H3/t13-/m0/s1. The summed E-state index contributed by atoms with van der Waals surface area (Å²) >= 11 is 7.62. The highest BCUT2D eigenvalue weighted by Gasteiger charge is 2.14. The second-order valence-corrected chi connectivity index (χ2v) is 7.94. The minimum Gasteiger partial charge on any atom is -0.356 e. The maximum Gasteiger partial charge on any atom is 0.191 e. The zero-order chi connectivity index (χ0) is 18.8. The molecule has 4 rings (SSSR count). The number of nitrogens with zero attached hydrogens (tertiary/aromatic N) is 4. The molecule has 0 spiro atoms. The fourth-order valence-corrected chi connectivity index (χ4v) is 3.75. The lowest BCUT2D eigenvalue weighted by atomic mass is 10.1. The van der Waals surface area contributed by atoms with Gasteiger partial charge in [-0.3, -0.25) is 0 Å². The van der Waals surface area contributed by atoms with Crippen molar-refractivity contribution in [2.45, 2.75) is 17.3 Å². The third-order valence-corrected chi connectivity index (χ3v) is 5.70. The van der Waals surface area contributed by atoms with Gasteiger partial charge < -0.3 is 9.09 Å². The van der Waals surface area contributed by atoms with Crippen LogP contribution >= 0.6 is 23.4 Å². The smallest absolute Gasteiger partial charge is 0.191 e. The minimum atomic E-state index is 0.228. The Morgan fingerprint density at radius 1 is 1.07 bits per heavy atom. The molecule has 0 bridgehead atoms. The zero-order valence-corrected chi connectivity index (χ0v) is 16.4. The fourth-order valence-electron chi connectivity index (χ4n) is 2.72. The number of thioether (sulfide) groups is 1. The lowest BCUT2D eigenvalue weighted by Gasteiger charge is -2.11. The van der Waals surface area contributed by atoms with Gasteiger partial charge in [-0.1, -0.05) is 58.9 Å². The summed E-state index contributed by atoms with van der Waals surface area (Å²) in [5.41, 5.74) is 3.93. The average molecular weight is 397 g/mol. The van der Waals surface area contributed by atoms with E-state index in [1.165, 1.54) is 5.56 Å². The topological polar surface area (TPSA) is 56.7 Å². The van der Waals surface area contributed by atoms with E-state index in [0.29, 0.717) is 5.02 Å². The number of aryl methyl sites for hydroxylation is 1. The molecule has 1 atom stereocenters. The molecule has 0 amide bonds. The molecule has 0 fully saturated rings. The lowest BCUT2D eigenvalue weighted by molar-refractivity contribution is 0.435. The van der Waals surface area contributed by atoms with Crippen molar-refractivity contribution in [3.63, 3.8) is 0 Å². The number of hydrogen-bond donors (Lipinski definition) is 0. The summed E-state index contributed by atoms with van der Waals surface area (Å²) in [5.74, 6) is 0.734. The summed E-state index contributed by atoms with van der Waals surface area (Å²) in [6.07, 6.45) is 1.71. The van der Waals surface area contributed by atoms with Gasteiger partial charge in [-0.15, -0.1) is 10.2 Å². The molecule has 0 aliphatic heterocycles. The van der Waals surface area contributed by atoms with Gasteiger partial charge in [0, 0.05) is 34.5 Å². The lowest BCUT2D eigenvalue weighted by Crippen LogP contribution is -1.94. The SMILES string of the molecule is C[C@H](Sc1nncn1C)c1cccc(-c2cc(-c3ccc(Cl)cc3)no2)c1. The van der Waals surface area contributed by atoms with Crippen LogP contribution in [0.3, 0.4) is 0 Å². The number of benzene rings is 2. The van der Waals surface area contributed by atoms with E-state index < -0.39 is 0 Å². The van der Waals surface area contributed by atoms with Crippen molar-refractivity contribution >= 4 is 23.4 Å². The van der Waals surface area contributed by atoms with E-state index >= 15 is 0 Å². The van der Waals surface area contributed by atoms with Crippen LogP contribution in [0.4, 0.5) is 0 Å². The highest BCUT2D eigenvalue weighted by Crippen LogP contribution is 2.35. The zero-order valence-electron chi connectivity index (χ0n) is 14.8. The Labute approximate surface area is 166 Å². The molecular weight excluding hydrogens is 380 g/mol. The maximum atomic E-state index is 5.95. The molecule has 0 N–H and O–H groups in total. The van der Waals surface area contributed by atoms with Crippen molar-refractivity contribution in [3.05, 3.63) is 71.5 Å². The summed E-state index contributed by atoms with van der Waals surface area (Å²) in [5, 5.41) is 14.1. The quantitative estimate of drug-likeness (QED) is 0.408.